The molecule has 23 heavy (non-hydrogen) atoms. The molecule has 5 heteroatoms. The Hall–Kier alpha value is -2.01. The van der Waals surface area contributed by atoms with Crippen molar-refractivity contribution in [3.8, 4) is 11.5 Å². The summed E-state index contributed by atoms with van der Waals surface area (Å²) >= 11 is 0. The zero-order valence-electron chi connectivity index (χ0n) is 14.1. The first-order valence-corrected chi connectivity index (χ1v) is 7.90. The number of hydrogen-bond acceptors (Lipinski definition) is 5. The Morgan fingerprint density at radius 3 is 2.61 bits per heavy atom. The first kappa shape index (κ1) is 15.9. The quantitative estimate of drug-likeness (QED) is 0.802. The van der Waals surface area contributed by atoms with Gasteiger partial charge in [0.05, 0.1) is 26.0 Å². The second-order valence-corrected chi connectivity index (χ2v) is 6.41. The van der Waals surface area contributed by atoms with Crippen LogP contribution in [0.2, 0.25) is 0 Å². The van der Waals surface area contributed by atoms with Gasteiger partial charge in [0.25, 0.3) is 0 Å². The van der Waals surface area contributed by atoms with Crippen LogP contribution in [-0.4, -0.2) is 44.8 Å². The van der Waals surface area contributed by atoms with Gasteiger partial charge >= 0.3 is 0 Å². The molecule has 2 aliphatic heterocycles. The number of fused-ring (bicyclic) bond motifs is 1. The number of Topliss-reactive ketones (excluding diaryl/α,β-unsaturated/α-hetero) is 1. The molecule has 0 saturated carbocycles. The van der Waals surface area contributed by atoms with E-state index in [1.54, 1.807) is 14.0 Å². The molecule has 0 amide bonds. The molecule has 0 N–H and O–H groups in total. The Morgan fingerprint density at radius 1 is 1.30 bits per heavy atom. The second kappa shape index (κ2) is 5.89. The van der Waals surface area contributed by atoms with E-state index in [1.165, 1.54) is 0 Å². The van der Waals surface area contributed by atoms with Crippen LogP contribution in [0.5, 0.6) is 11.5 Å². The Labute approximate surface area is 136 Å². The van der Waals surface area contributed by atoms with Crippen molar-refractivity contribution in [3.05, 3.63) is 23.3 Å². The van der Waals surface area contributed by atoms with Crippen LogP contribution in [0, 0.1) is 0 Å². The van der Waals surface area contributed by atoms with Gasteiger partial charge in [-0.3, -0.25) is 4.79 Å². The lowest BCUT2D eigenvalue weighted by Crippen LogP contribution is -2.37. The minimum Gasteiger partial charge on any atom is -0.496 e. The number of ether oxygens (including phenoxy) is 3. The number of morpholine rings is 1. The van der Waals surface area contributed by atoms with Gasteiger partial charge in [-0.25, -0.2) is 0 Å². The van der Waals surface area contributed by atoms with Crippen LogP contribution in [-0.2, 0) is 4.74 Å². The number of anilines is 1. The molecular weight excluding hydrogens is 294 g/mol. The Balaban J connectivity index is 2.20. The lowest BCUT2D eigenvalue weighted by atomic mass is 9.95. The molecule has 0 unspecified atom stereocenters. The van der Waals surface area contributed by atoms with Gasteiger partial charge in [0, 0.05) is 24.7 Å². The molecule has 5 nitrogen and oxygen atoms in total. The van der Waals surface area contributed by atoms with Crippen LogP contribution < -0.4 is 14.4 Å². The summed E-state index contributed by atoms with van der Waals surface area (Å²) in [5, 5.41) is 0. The van der Waals surface area contributed by atoms with Gasteiger partial charge in [-0.05, 0) is 32.9 Å². The standard InChI is InChI=1S/C18H23NO4/c1-12(20)16-15(21-4)11-14(19-7-9-22-10-8-19)13-5-6-18(2,3)23-17(13)16/h5-6,11H,7-10H2,1-4H3. The predicted molar refractivity (Wildman–Crippen MR) is 89.8 cm³/mol. The molecule has 124 valence electrons. The summed E-state index contributed by atoms with van der Waals surface area (Å²) in [6.45, 7) is 8.51. The largest absolute Gasteiger partial charge is 0.496 e. The fraction of sp³-hybridized carbons (Fsp3) is 0.500. The number of nitrogens with zero attached hydrogens (tertiary/aromatic N) is 1. The van der Waals surface area contributed by atoms with Crippen molar-refractivity contribution in [2.24, 2.45) is 0 Å². The highest BCUT2D eigenvalue weighted by Crippen LogP contribution is 2.44. The normalized spacial score (nSPS) is 19.0. The van der Waals surface area contributed by atoms with Gasteiger partial charge in [-0.15, -0.1) is 0 Å². The summed E-state index contributed by atoms with van der Waals surface area (Å²) in [4.78, 5) is 14.4. The van der Waals surface area contributed by atoms with Crippen molar-refractivity contribution in [1.82, 2.24) is 0 Å². The molecule has 0 spiro atoms. The molecule has 3 rings (SSSR count). The molecule has 0 bridgehead atoms. The maximum absolute atomic E-state index is 12.2. The van der Waals surface area contributed by atoms with E-state index < -0.39 is 5.60 Å². The SMILES string of the molecule is COc1cc(N2CCOCC2)c2c(c1C(C)=O)OC(C)(C)C=C2. The van der Waals surface area contributed by atoms with Crippen molar-refractivity contribution >= 4 is 17.5 Å². The fourth-order valence-electron chi connectivity index (χ4n) is 3.05. The molecule has 1 saturated heterocycles. The first-order chi connectivity index (χ1) is 10.9. The minimum atomic E-state index is -0.453. The van der Waals surface area contributed by atoms with Crippen molar-refractivity contribution in [3.63, 3.8) is 0 Å². The third-order valence-corrected chi connectivity index (χ3v) is 4.20. The third-order valence-electron chi connectivity index (χ3n) is 4.20. The van der Waals surface area contributed by atoms with Crippen molar-refractivity contribution in [2.45, 2.75) is 26.4 Å². The molecule has 1 aromatic rings. The third kappa shape index (κ3) is 2.93. The summed E-state index contributed by atoms with van der Waals surface area (Å²) < 4.78 is 17.1. The Kier molecular flexibility index (Phi) is 4.06. The maximum atomic E-state index is 12.2. The molecule has 0 atom stereocenters. The Morgan fingerprint density at radius 2 is 2.00 bits per heavy atom. The first-order valence-electron chi connectivity index (χ1n) is 7.90. The highest BCUT2D eigenvalue weighted by Gasteiger charge is 2.31. The predicted octanol–water partition coefficient (Wildman–Crippen LogP) is 2.92. The smallest absolute Gasteiger partial charge is 0.167 e. The van der Waals surface area contributed by atoms with E-state index in [-0.39, 0.29) is 5.78 Å². The van der Waals surface area contributed by atoms with E-state index in [4.69, 9.17) is 14.2 Å². The van der Waals surface area contributed by atoms with E-state index in [0.717, 1.165) is 24.3 Å². The summed E-state index contributed by atoms with van der Waals surface area (Å²) in [5.74, 6) is 1.12. The molecule has 1 fully saturated rings. The van der Waals surface area contributed by atoms with Gasteiger partial charge in [0.2, 0.25) is 0 Å². The summed E-state index contributed by atoms with van der Waals surface area (Å²) in [6.07, 6.45) is 4.07. The van der Waals surface area contributed by atoms with E-state index >= 15 is 0 Å². The monoisotopic (exact) mass is 317 g/mol. The van der Waals surface area contributed by atoms with E-state index in [0.29, 0.717) is 30.3 Å². The lowest BCUT2D eigenvalue weighted by molar-refractivity contribution is 0.0996. The fourth-order valence-corrected chi connectivity index (χ4v) is 3.05. The summed E-state index contributed by atoms with van der Waals surface area (Å²) in [7, 11) is 1.58. The lowest BCUT2D eigenvalue weighted by Gasteiger charge is -2.35. The van der Waals surface area contributed by atoms with Crippen molar-refractivity contribution in [2.75, 3.05) is 38.3 Å². The Bertz CT molecular complexity index is 657. The van der Waals surface area contributed by atoms with E-state index in [1.807, 2.05) is 26.0 Å². The van der Waals surface area contributed by atoms with Gasteiger partial charge in [-0.2, -0.15) is 0 Å². The molecular formula is C18H23NO4. The molecule has 1 aromatic carbocycles. The van der Waals surface area contributed by atoms with Gasteiger partial charge in [-0.1, -0.05) is 0 Å². The van der Waals surface area contributed by atoms with Crippen molar-refractivity contribution < 1.29 is 19.0 Å². The van der Waals surface area contributed by atoms with E-state index in [2.05, 4.69) is 11.0 Å². The average Bonchev–Trinajstić information content (AvgIpc) is 2.52. The zero-order valence-corrected chi connectivity index (χ0v) is 14.1. The number of methoxy groups -OCH3 is 1. The maximum Gasteiger partial charge on any atom is 0.167 e. The van der Waals surface area contributed by atoms with Crippen LogP contribution >= 0.6 is 0 Å². The highest BCUT2D eigenvalue weighted by molar-refractivity contribution is 6.02. The molecule has 0 aromatic heterocycles. The van der Waals surface area contributed by atoms with Crippen LogP contribution in [0.25, 0.3) is 6.08 Å². The van der Waals surface area contributed by atoms with Crippen LogP contribution in [0.4, 0.5) is 5.69 Å². The van der Waals surface area contributed by atoms with Crippen LogP contribution in [0.15, 0.2) is 12.1 Å². The summed E-state index contributed by atoms with van der Waals surface area (Å²) in [6, 6.07) is 1.94. The number of carbonyl (C=O) groups excluding carboxylic acids is 1. The highest BCUT2D eigenvalue weighted by atomic mass is 16.5. The molecule has 2 aliphatic rings. The molecule has 0 radical (unpaired) electrons. The van der Waals surface area contributed by atoms with Crippen LogP contribution in [0.3, 0.4) is 0 Å². The van der Waals surface area contributed by atoms with Crippen LogP contribution in [0.1, 0.15) is 36.7 Å². The molecule has 2 heterocycles. The van der Waals surface area contributed by atoms with Gasteiger partial charge in [0.15, 0.2) is 5.78 Å². The second-order valence-electron chi connectivity index (χ2n) is 6.41. The number of carbonyl (C=O) groups is 1. The number of hydrogen-bond donors (Lipinski definition) is 0. The van der Waals surface area contributed by atoms with Gasteiger partial charge < -0.3 is 19.1 Å². The van der Waals surface area contributed by atoms with Crippen molar-refractivity contribution in [1.29, 1.82) is 0 Å². The average molecular weight is 317 g/mol. The zero-order chi connectivity index (χ0) is 16.6. The molecule has 0 aliphatic carbocycles. The summed E-state index contributed by atoms with van der Waals surface area (Å²) in [5.41, 5.74) is 2.03. The van der Waals surface area contributed by atoms with E-state index in [9.17, 15) is 4.79 Å². The number of rotatable bonds is 3. The topological polar surface area (TPSA) is 48.0 Å². The number of benzene rings is 1. The van der Waals surface area contributed by atoms with Gasteiger partial charge in [0.1, 0.15) is 22.7 Å². The minimum absolute atomic E-state index is 0.0577. The number of ketones is 1.